The van der Waals surface area contributed by atoms with E-state index in [-0.39, 0.29) is 24.9 Å². The maximum Gasteiger partial charge on any atom is 0.254 e. The van der Waals surface area contributed by atoms with Crippen molar-refractivity contribution in [2.45, 2.75) is 6.54 Å². The number of benzene rings is 1. The van der Waals surface area contributed by atoms with Crippen LogP contribution in [0.25, 0.3) is 0 Å². The normalized spacial score (nSPS) is 9.86. The summed E-state index contributed by atoms with van der Waals surface area (Å²) in [6, 6.07) is 8.06. The number of rotatable bonds is 3. The van der Waals surface area contributed by atoms with Crippen LogP contribution in [0.15, 0.2) is 35.7 Å². The van der Waals surface area contributed by atoms with E-state index in [1.165, 1.54) is 22.3 Å². The van der Waals surface area contributed by atoms with Crippen molar-refractivity contribution >= 4 is 17.2 Å². The Morgan fingerprint density at radius 1 is 1.43 bits per heavy atom. The van der Waals surface area contributed by atoms with Crippen LogP contribution in [0.2, 0.25) is 0 Å². The molecule has 0 radical (unpaired) electrons. The van der Waals surface area contributed by atoms with Gasteiger partial charge in [0, 0.05) is 24.5 Å². The molecule has 5 heteroatoms. The Hall–Kier alpha value is -2.16. The van der Waals surface area contributed by atoms with E-state index in [1.54, 1.807) is 36.7 Å². The first kappa shape index (κ1) is 15.2. The first-order valence-electron chi connectivity index (χ1n) is 6.29. The molecule has 1 heterocycles. The summed E-state index contributed by atoms with van der Waals surface area (Å²) in [7, 11) is 1.63. The maximum absolute atomic E-state index is 13.6. The highest BCUT2D eigenvalue weighted by molar-refractivity contribution is 7.10. The molecule has 0 unspecified atom stereocenters. The van der Waals surface area contributed by atoms with E-state index in [4.69, 9.17) is 5.11 Å². The minimum absolute atomic E-state index is 0.188. The molecule has 0 aliphatic rings. The van der Waals surface area contributed by atoms with E-state index in [0.29, 0.717) is 16.0 Å². The van der Waals surface area contributed by atoms with Crippen LogP contribution in [0.5, 0.6) is 0 Å². The zero-order valence-corrected chi connectivity index (χ0v) is 12.3. The summed E-state index contributed by atoms with van der Waals surface area (Å²) in [6.45, 7) is -0.00658. The largest absolute Gasteiger partial charge is 0.384 e. The average Bonchev–Trinajstić information content (AvgIpc) is 2.95. The number of carbonyl (C=O) groups excluding carboxylic acids is 1. The van der Waals surface area contributed by atoms with Gasteiger partial charge in [-0.05, 0) is 12.1 Å². The molecule has 0 bridgehead atoms. The van der Waals surface area contributed by atoms with Crippen molar-refractivity contribution in [3.8, 4) is 11.8 Å². The molecule has 0 saturated heterocycles. The standard InChI is InChI=1S/C16H14FNO2S/c1-18(10-12-5-2-3-7-15(12)17)16(20)13-9-14(21-11-13)6-4-8-19/h2-3,5,7,9,11,19H,8,10H2,1H3. The zero-order valence-electron chi connectivity index (χ0n) is 11.5. The second-order valence-electron chi connectivity index (χ2n) is 4.41. The predicted molar refractivity (Wildman–Crippen MR) is 80.5 cm³/mol. The van der Waals surface area contributed by atoms with Gasteiger partial charge in [-0.3, -0.25) is 4.79 Å². The molecule has 1 N–H and O–H groups in total. The van der Waals surface area contributed by atoms with E-state index in [1.807, 2.05) is 0 Å². The van der Waals surface area contributed by atoms with E-state index in [2.05, 4.69) is 11.8 Å². The Morgan fingerprint density at radius 3 is 2.90 bits per heavy atom. The van der Waals surface area contributed by atoms with Crippen LogP contribution in [0.1, 0.15) is 20.8 Å². The van der Waals surface area contributed by atoms with Gasteiger partial charge in [0.05, 0.1) is 10.4 Å². The summed E-state index contributed by atoms with van der Waals surface area (Å²) in [5, 5.41) is 10.4. The average molecular weight is 303 g/mol. The molecule has 2 aromatic rings. The summed E-state index contributed by atoms with van der Waals surface area (Å²) in [5.74, 6) is 4.78. The quantitative estimate of drug-likeness (QED) is 0.885. The zero-order chi connectivity index (χ0) is 15.2. The lowest BCUT2D eigenvalue weighted by Crippen LogP contribution is -2.26. The van der Waals surface area contributed by atoms with Crippen molar-refractivity contribution in [1.82, 2.24) is 4.90 Å². The summed E-state index contributed by atoms with van der Waals surface area (Å²) in [6.07, 6.45) is 0. The number of aliphatic hydroxyl groups excluding tert-OH is 1. The van der Waals surface area contributed by atoms with Crippen molar-refractivity contribution in [1.29, 1.82) is 0 Å². The van der Waals surface area contributed by atoms with Crippen LogP contribution in [0.4, 0.5) is 4.39 Å². The highest BCUT2D eigenvalue weighted by Gasteiger charge is 2.15. The molecule has 0 spiro atoms. The second-order valence-corrected chi connectivity index (χ2v) is 5.32. The highest BCUT2D eigenvalue weighted by atomic mass is 32.1. The fourth-order valence-electron chi connectivity index (χ4n) is 1.81. The number of halogens is 1. The lowest BCUT2D eigenvalue weighted by atomic mass is 10.2. The molecule has 0 aliphatic carbocycles. The number of hydrogen-bond acceptors (Lipinski definition) is 3. The summed E-state index contributed by atoms with van der Waals surface area (Å²) in [4.78, 5) is 14.4. The van der Waals surface area contributed by atoms with Gasteiger partial charge in [-0.15, -0.1) is 11.3 Å². The third-order valence-electron chi connectivity index (χ3n) is 2.85. The van der Waals surface area contributed by atoms with Gasteiger partial charge in [0.15, 0.2) is 0 Å². The Kier molecular flexibility index (Phi) is 5.09. The molecule has 0 fully saturated rings. The number of carbonyl (C=O) groups is 1. The van der Waals surface area contributed by atoms with Gasteiger partial charge in [0.1, 0.15) is 12.4 Å². The van der Waals surface area contributed by atoms with Gasteiger partial charge in [0.25, 0.3) is 5.91 Å². The van der Waals surface area contributed by atoms with Crippen molar-refractivity contribution in [2.24, 2.45) is 0 Å². The number of thiophene rings is 1. The lowest BCUT2D eigenvalue weighted by molar-refractivity contribution is 0.0784. The van der Waals surface area contributed by atoms with Crippen molar-refractivity contribution in [3.05, 3.63) is 57.5 Å². The number of amides is 1. The van der Waals surface area contributed by atoms with Gasteiger partial charge < -0.3 is 10.0 Å². The molecule has 108 valence electrons. The molecule has 0 saturated carbocycles. The molecule has 2 rings (SSSR count). The summed E-state index contributed by atoms with van der Waals surface area (Å²) in [5.41, 5.74) is 0.991. The topological polar surface area (TPSA) is 40.5 Å². The van der Waals surface area contributed by atoms with Crippen LogP contribution < -0.4 is 0 Å². The van der Waals surface area contributed by atoms with Crippen molar-refractivity contribution in [2.75, 3.05) is 13.7 Å². The van der Waals surface area contributed by atoms with Crippen LogP contribution in [0.3, 0.4) is 0 Å². The van der Waals surface area contributed by atoms with Crippen LogP contribution >= 0.6 is 11.3 Å². The molecule has 0 aliphatic heterocycles. The van der Waals surface area contributed by atoms with Gasteiger partial charge in [-0.1, -0.05) is 30.0 Å². The van der Waals surface area contributed by atoms with Gasteiger partial charge in [0.2, 0.25) is 0 Å². The minimum Gasteiger partial charge on any atom is -0.384 e. The fourth-order valence-corrected chi connectivity index (χ4v) is 2.56. The molecule has 0 atom stereocenters. The van der Waals surface area contributed by atoms with Gasteiger partial charge >= 0.3 is 0 Å². The molecule has 1 aromatic heterocycles. The Balaban J connectivity index is 2.09. The summed E-state index contributed by atoms with van der Waals surface area (Å²) >= 11 is 1.34. The monoisotopic (exact) mass is 303 g/mol. The number of hydrogen-bond donors (Lipinski definition) is 1. The fraction of sp³-hybridized carbons (Fsp3) is 0.188. The van der Waals surface area contributed by atoms with Gasteiger partial charge in [-0.2, -0.15) is 0 Å². The molecule has 1 amide bonds. The molecule has 21 heavy (non-hydrogen) atoms. The van der Waals surface area contributed by atoms with E-state index >= 15 is 0 Å². The van der Waals surface area contributed by atoms with Crippen LogP contribution in [0, 0.1) is 17.7 Å². The summed E-state index contributed by atoms with van der Waals surface area (Å²) < 4.78 is 13.6. The molecule has 3 nitrogen and oxygen atoms in total. The predicted octanol–water partition coefficient (Wildman–Crippen LogP) is 2.50. The third kappa shape index (κ3) is 3.91. The number of aliphatic hydroxyl groups is 1. The minimum atomic E-state index is -0.322. The van der Waals surface area contributed by atoms with Crippen LogP contribution in [-0.2, 0) is 6.54 Å². The molecule has 1 aromatic carbocycles. The van der Waals surface area contributed by atoms with Crippen molar-refractivity contribution < 1.29 is 14.3 Å². The Morgan fingerprint density at radius 2 is 2.19 bits per heavy atom. The smallest absolute Gasteiger partial charge is 0.254 e. The van der Waals surface area contributed by atoms with Gasteiger partial charge in [-0.25, -0.2) is 4.39 Å². The third-order valence-corrected chi connectivity index (χ3v) is 3.69. The SMILES string of the molecule is CN(Cc1ccccc1F)C(=O)c1csc(C#CCO)c1. The van der Waals surface area contributed by atoms with E-state index < -0.39 is 0 Å². The molecular formula is C16H14FNO2S. The first-order valence-corrected chi connectivity index (χ1v) is 7.17. The maximum atomic E-state index is 13.6. The second kappa shape index (κ2) is 7.02. The van der Waals surface area contributed by atoms with E-state index in [0.717, 1.165) is 0 Å². The Labute approximate surface area is 126 Å². The lowest BCUT2D eigenvalue weighted by Gasteiger charge is -2.16. The number of nitrogens with zero attached hydrogens (tertiary/aromatic N) is 1. The van der Waals surface area contributed by atoms with Crippen LogP contribution in [-0.4, -0.2) is 29.6 Å². The first-order chi connectivity index (χ1) is 10.1. The van der Waals surface area contributed by atoms with Crippen molar-refractivity contribution in [3.63, 3.8) is 0 Å². The Bertz CT molecular complexity index is 700. The molecular weight excluding hydrogens is 289 g/mol. The van der Waals surface area contributed by atoms with E-state index in [9.17, 15) is 9.18 Å². The highest BCUT2D eigenvalue weighted by Crippen LogP contribution is 2.17.